The van der Waals surface area contributed by atoms with E-state index in [0.717, 1.165) is 36.5 Å². The standard InChI is InChI=1S/C10H16N2OS/c1-2-8-6-14-9(12-8)11-7-10(13)4-3-5-10/h6,13H,2-5,7H2,1H3,(H,11,12). The minimum Gasteiger partial charge on any atom is -0.388 e. The first-order valence-corrected chi connectivity index (χ1v) is 6.00. The lowest BCUT2D eigenvalue weighted by atomic mass is 9.80. The maximum absolute atomic E-state index is 9.85. The third kappa shape index (κ3) is 2.07. The van der Waals surface area contributed by atoms with Crippen molar-refractivity contribution in [1.29, 1.82) is 0 Å². The number of nitrogens with one attached hydrogen (secondary N) is 1. The molecule has 1 aromatic heterocycles. The highest BCUT2D eigenvalue weighted by Crippen LogP contribution is 2.31. The normalized spacial score (nSPS) is 19.0. The van der Waals surface area contributed by atoms with Gasteiger partial charge in [0, 0.05) is 11.9 Å². The van der Waals surface area contributed by atoms with E-state index in [2.05, 4.69) is 22.6 Å². The number of aryl methyl sites for hydroxylation is 1. The molecule has 0 amide bonds. The van der Waals surface area contributed by atoms with Crippen LogP contribution in [0.4, 0.5) is 5.13 Å². The zero-order valence-electron chi connectivity index (χ0n) is 8.42. The van der Waals surface area contributed by atoms with Crippen LogP contribution in [0.2, 0.25) is 0 Å². The van der Waals surface area contributed by atoms with Gasteiger partial charge < -0.3 is 10.4 Å². The highest BCUT2D eigenvalue weighted by atomic mass is 32.1. The maximum Gasteiger partial charge on any atom is 0.182 e. The second-order valence-corrected chi connectivity index (χ2v) is 4.79. The molecule has 0 aromatic carbocycles. The summed E-state index contributed by atoms with van der Waals surface area (Å²) in [6.45, 7) is 2.74. The Kier molecular flexibility index (Phi) is 2.74. The van der Waals surface area contributed by atoms with Crippen molar-refractivity contribution in [3.63, 3.8) is 0 Å². The van der Waals surface area contributed by atoms with Gasteiger partial charge in [0.2, 0.25) is 0 Å². The van der Waals surface area contributed by atoms with Gasteiger partial charge in [0.05, 0.1) is 11.3 Å². The molecule has 0 bridgehead atoms. The molecule has 1 saturated carbocycles. The molecule has 0 unspecified atom stereocenters. The van der Waals surface area contributed by atoms with Crippen molar-refractivity contribution in [3.8, 4) is 0 Å². The van der Waals surface area contributed by atoms with Crippen LogP contribution < -0.4 is 5.32 Å². The van der Waals surface area contributed by atoms with Gasteiger partial charge >= 0.3 is 0 Å². The third-order valence-electron chi connectivity index (χ3n) is 2.77. The van der Waals surface area contributed by atoms with Crippen LogP contribution in [0.3, 0.4) is 0 Å². The first-order chi connectivity index (χ1) is 6.72. The summed E-state index contributed by atoms with van der Waals surface area (Å²) >= 11 is 1.62. The molecule has 2 rings (SSSR count). The Morgan fingerprint density at radius 3 is 2.93 bits per heavy atom. The Bertz CT molecular complexity index is 307. The van der Waals surface area contributed by atoms with Crippen molar-refractivity contribution in [2.75, 3.05) is 11.9 Å². The van der Waals surface area contributed by atoms with E-state index >= 15 is 0 Å². The lowest BCUT2D eigenvalue weighted by Gasteiger charge is -2.36. The van der Waals surface area contributed by atoms with Crippen molar-refractivity contribution in [2.24, 2.45) is 0 Å². The second-order valence-electron chi connectivity index (χ2n) is 3.93. The van der Waals surface area contributed by atoms with E-state index < -0.39 is 5.60 Å². The van der Waals surface area contributed by atoms with Crippen LogP contribution in [-0.2, 0) is 6.42 Å². The van der Waals surface area contributed by atoms with Crippen LogP contribution in [0.1, 0.15) is 31.9 Å². The van der Waals surface area contributed by atoms with Gasteiger partial charge in [-0.1, -0.05) is 6.92 Å². The van der Waals surface area contributed by atoms with E-state index in [9.17, 15) is 5.11 Å². The predicted molar refractivity (Wildman–Crippen MR) is 58.8 cm³/mol. The summed E-state index contributed by atoms with van der Waals surface area (Å²) in [6, 6.07) is 0. The van der Waals surface area contributed by atoms with Gasteiger partial charge in [-0.05, 0) is 25.7 Å². The van der Waals surface area contributed by atoms with Crippen LogP contribution >= 0.6 is 11.3 Å². The van der Waals surface area contributed by atoms with Crippen molar-refractivity contribution in [1.82, 2.24) is 4.98 Å². The lowest BCUT2D eigenvalue weighted by molar-refractivity contribution is -0.0202. The third-order valence-corrected chi connectivity index (χ3v) is 3.62. The van der Waals surface area contributed by atoms with E-state index in [1.54, 1.807) is 11.3 Å². The summed E-state index contributed by atoms with van der Waals surface area (Å²) in [6.07, 6.45) is 3.97. The maximum atomic E-state index is 9.85. The van der Waals surface area contributed by atoms with Crippen LogP contribution in [0, 0.1) is 0 Å². The van der Waals surface area contributed by atoms with Crippen molar-refractivity contribution < 1.29 is 5.11 Å². The van der Waals surface area contributed by atoms with Gasteiger partial charge in [-0.3, -0.25) is 0 Å². The average Bonchev–Trinajstić information content (AvgIpc) is 2.59. The van der Waals surface area contributed by atoms with Crippen molar-refractivity contribution in [3.05, 3.63) is 11.1 Å². The summed E-state index contributed by atoms with van der Waals surface area (Å²) in [5.74, 6) is 0. The molecular formula is C10H16N2OS. The SMILES string of the molecule is CCc1csc(NCC2(O)CCC2)n1. The molecule has 0 atom stereocenters. The summed E-state index contributed by atoms with van der Waals surface area (Å²) in [4.78, 5) is 4.39. The number of rotatable bonds is 4. The monoisotopic (exact) mass is 212 g/mol. The fraction of sp³-hybridized carbons (Fsp3) is 0.700. The van der Waals surface area contributed by atoms with Crippen molar-refractivity contribution >= 4 is 16.5 Å². The Morgan fingerprint density at radius 1 is 1.64 bits per heavy atom. The smallest absolute Gasteiger partial charge is 0.182 e. The molecule has 1 aliphatic carbocycles. The van der Waals surface area contributed by atoms with Gasteiger partial charge in [-0.2, -0.15) is 0 Å². The van der Waals surface area contributed by atoms with Gasteiger partial charge in [-0.25, -0.2) is 4.98 Å². The topological polar surface area (TPSA) is 45.1 Å². The van der Waals surface area contributed by atoms with E-state index in [0.29, 0.717) is 6.54 Å². The molecule has 0 aliphatic heterocycles. The molecule has 78 valence electrons. The molecule has 2 N–H and O–H groups in total. The molecular weight excluding hydrogens is 196 g/mol. The largest absolute Gasteiger partial charge is 0.388 e. The number of nitrogens with zero attached hydrogens (tertiary/aromatic N) is 1. The molecule has 0 spiro atoms. The Labute approximate surface area is 88.2 Å². The van der Waals surface area contributed by atoms with Gasteiger partial charge in [0.15, 0.2) is 5.13 Å². The number of aromatic nitrogens is 1. The Hall–Kier alpha value is -0.610. The molecule has 0 radical (unpaired) electrons. The van der Waals surface area contributed by atoms with Crippen molar-refractivity contribution in [2.45, 2.75) is 38.2 Å². The molecule has 3 nitrogen and oxygen atoms in total. The second kappa shape index (κ2) is 3.87. The fourth-order valence-corrected chi connectivity index (χ4v) is 2.34. The number of aliphatic hydroxyl groups is 1. The van der Waals surface area contributed by atoms with Gasteiger partial charge in [0.1, 0.15) is 0 Å². The summed E-state index contributed by atoms with van der Waals surface area (Å²) in [7, 11) is 0. The van der Waals surface area contributed by atoms with Crippen LogP contribution in [-0.4, -0.2) is 22.2 Å². The molecule has 1 aliphatic rings. The zero-order chi connectivity index (χ0) is 10.0. The average molecular weight is 212 g/mol. The highest BCUT2D eigenvalue weighted by molar-refractivity contribution is 7.13. The zero-order valence-corrected chi connectivity index (χ0v) is 9.23. The first kappa shape index (κ1) is 9.93. The number of hydrogen-bond acceptors (Lipinski definition) is 4. The quantitative estimate of drug-likeness (QED) is 0.802. The molecule has 4 heteroatoms. The minimum atomic E-state index is -0.460. The minimum absolute atomic E-state index is 0.460. The molecule has 1 fully saturated rings. The molecule has 14 heavy (non-hydrogen) atoms. The summed E-state index contributed by atoms with van der Waals surface area (Å²) in [5.41, 5.74) is 0.663. The molecule has 1 aromatic rings. The van der Waals surface area contributed by atoms with Crippen LogP contribution in [0.15, 0.2) is 5.38 Å². The number of thiazole rings is 1. The number of hydrogen-bond donors (Lipinski definition) is 2. The lowest BCUT2D eigenvalue weighted by Crippen LogP contribution is -2.43. The van der Waals surface area contributed by atoms with E-state index in [1.807, 2.05) is 0 Å². The summed E-state index contributed by atoms with van der Waals surface area (Å²) in [5, 5.41) is 16.0. The van der Waals surface area contributed by atoms with E-state index in [4.69, 9.17) is 0 Å². The van der Waals surface area contributed by atoms with Crippen LogP contribution in [0.5, 0.6) is 0 Å². The van der Waals surface area contributed by atoms with Crippen LogP contribution in [0.25, 0.3) is 0 Å². The first-order valence-electron chi connectivity index (χ1n) is 5.12. The molecule has 0 saturated heterocycles. The summed E-state index contributed by atoms with van der Waals surface area (Å²) < 4.78 is 0. The van der Waals surface area contributed by atoms with E-state index in [-0.39, 0.29) is 0 Å². The highest BCUT2D eigenvalue weighted by Gasteiger charge is 2.34. The Morgan fingerprint density at radius 2 is 2.43 bits per heavy atom. The number of anilines is 1. The molecule has 1 heterocycles. The van der Waals surface area contributed by atoms with E-state index in [1.165, 1.54) is 0 Å². The Balaban J connectivity index is 1.85. The fourth-order valence-electron chi connectivity index (χ4n) is 1.55. The predicted octanol–water partition coefficient (Wildman–Crippen LogP) is 2.03. The van der Waals surface area contributed by atoms with Gasteiger partial charge in [-0.15, -0.1) is 11.3 Å². The van der Waals surface area contributed by atoms with Gasteiger partial charge in [0.25, 0.3) is 0 Å².